The lowest BCUT2D eigenvalue weighted by molar-refractivity contribution is -0.141. The number of thioether (sulfide) groups is 1. The van der Waals surface area contributed by atoms with Crippen molar-refractivity contribution in [1.29, 1.82) is 0 Å². The van der Waals surface area contributed by atoms with Gasteiger partial charge in [-0.1, -0.05) is 0 Å². The summed E-state index contributed by atoms with van der Waals surface area (Å²) in [5.41, 5.74) is -0.326. The normalized spacial score (nSPS) is 12.2. The summed E-state index contributed by atoms with van der Waals surface area (Å²) in [4.78, 5) is 37.3. The first-order valence-corrected chi connectivity index (χ1v) is 7.53. The molecule has 1 aromatic heterocycles. The summed E-state index contributed by atoms with van der Waals surface area (Å²) in [6.45, 7) is 3.36. The minimum atomic E-state index is -1.10. The van der Waals surface area contributed by atoms with Crippen molar-refractivity contribution in [1.82, 2.24) is 9.55 Å². The van der Waals surface area contributed by atoms with Crippen molar-refractivity contribution >= 4 is 23.7 Å². The number of aromatic nitrogens is 2. The maximum Gasteiger partial charge on any atom is 0.356 e. The zero-order valence-corrected chi connectivity index (χ0v) is 12.5. The highest BCUT2D eigenvalue weighted by Gasteiger charge is 2.27. The van der Waals surface area contributed by atoms with Gasteiger partial charge in [-0.3, -0.25) is 9.55 Å². The van der Waals surface area contributed by atoms with Crippen molar-refractivity contribution in [3.63, 3.8) is 0 Å². The second kappa shape index (κ2) is 7.18. The number of imidazole rings is 1. The monoisotopic (exact) mass is 302 g/mol. The number of hydrogen-bond acceptors (Lipinski definition) is 5. The molecular formula is C12H18N2O5S. The van der Waals surface area contributed by atoms with Gasteiger partial charge in [0.1, 0.15) is 11.7 Å². The maximum absolute atomic E-state index is 11.9. The lowest BCUT2D eigenvalue weighted by Crippen LogP contribution is -2.29. The fraction of sp³-hybridized carbons (Fsp3) is 0.583. The molecule has 0 radical (unpaired) electrons. The zero-order valence-electron chi connectivity index (χ0n) is 11.6. The molecule has 0 saturated carbocycles. The molecule has 0 saturated heterocycles. The van der Waals surface area contributed by atoms with Gasteiger partial charge in [-0.2, -0.15) is 11.8 Å². The molecule has 0 aliphatic carbocycles. The van der Waals surface area contributed by atoms with Crippen LogP contribution in [-0.4, -0.2) is 45.2 Å². The Bertz CT molecular complexity index is 549. The Morgan fingerprint density at radius 1 is 1.50 bits per heavy atom. The Kier molecular flexibility index (Phi) is 5.87. The molecule has 1 heterocycles. The van der Waals surface area contributed by atoms with Gasteiger partial charge in [0.2, 0.25) is 0 Å². The molecule has 8 heteroatoms. The number of nitrogens with one attached hydrogen (secondary N) is 1. The summed E-state index contributed by atoms with van der Waals surface area (Å²) in [7, 11) is 0. The van der Waals surface area contributed by atoms with E-state index in [1.165, 1.54) is 18.7 Å². The van der Waals surface area contributed by atoms with E-state index in [2.05, 4.69) is 4.98 Å². The summed E-state index contributed by atoms with van der Waals surface area (Å²) >= 11 is 1.49. The number of hydrogen-bond donors (Lipinski definition) is 2. The molecule has 0 aliphatic heterocycles. The van der Waals surface area contributed by atoms with Gasteiger partial charge in [0.25, 0.3) is 0 Å². The smallest absolute Gasteiger partial charge is 0.356 e. The Morgan fingerprint density at radius 2 is 2.15 bits per heavy atom. The van der Waals surface area contributed by atoms with Crippen molar-refractivity contribution < 1.29 is 19.4 Å². The number of carboxylic acids is 1. The molecule has 20 heavy (non-hydrogen) atoms. The van der Waals surface area contributed by atoms with Gasteiger partial charge in [0, 0.05) is 0 Å². The summed E-state index contributed by atoms with van der Waals surface area (Å²) in [6.07, 6.45) is 2.16. The molecule has 112 valence electrons. The first-order valence-electron chi connectivity index (χ1n) is 6.14. The van der Waals surface area contributed by atoms with Crippen LogP contribution in [0.5, 0.6) is 0 Å². The van der Waals surface area contributed by atoms with E-state index in [0.717, 1.165) is 4.57 Å². The summed E-state index contributed by atoms with van der Waals surface area (Å²) in [5, 5.41) is 9.25. The Morgan fingerprint density at radius 3 is 2.65 bits per heavy atom. The number of aromatic amines is 1. The molecule has 1 unspecified atom stereocenters. The van der Waals surface area contributed by atoms with E-state index in [-0.39, 0.29) is 18.0 Å². The van der Waals surface area contributed by atoms with Crippen LogP contribution in [0.1, 0.15) is 35.6 Å². The van der Waals surface area contributed by atoms with Crippen LogP contribution in [-0.2, 0) is 9.53 Å². The molecule has 0 aromatic carbocycles. The van der Waals surface area contributed by atoms with Crippen LogP contribution in [0.15, 0.2) is 4.79 Å². The van der Waals surface area contributed by atoms with Crippen molar-refractivity contribution in [2.75, 3.05) is 18.6 Å². The summed E-state index contributed by atoms with van der Waals surface area (Å²) < 4.78 is 5.93. The van der Waals surface area contributed by atoms with E-state index in [0.29, 0.717) is 12.2 Å². The molecule has 0 amide bonds. The molecule has 0 fully saturated rings. The van der Waals surface area contributed by atoms with Crippen LogP contribution in [0.4, 0.5) is 0 Å². The quantitative estimate of drug-likeness (QED) is 0.730. The molecule has 7 nitrogen and oxygen atoms in total. The Labute approximate surface area is 120 Å². The fourth-order valence-electron chi connectivity index (χ4n) is 1.90. The molecule has 1 aromatic rings. The van der Waals surface area contributed by atoms with Crippen LogP contribution in [0.3, 0.4) is 0 Å². The highest BCUT2D eigenvalue weighted by Crippen LogP contribution is 2.17. The number of carbonyl (C=O) groups excluding carboxylic acids is 1. The van der Waals surface area contributed by atoms with Gasteiger partial charge in [0.05, 0.1) is 12.3 Å². The number of aliphatic carboxylic acids is 1. The number of esters is 1. The second-order valence-electron chi connectivity index (χ2n) is 4.12. The van der Waals surface area contributed by atoms with Crippen molar-refractivity contribution in [3.8, 4) is 0 Å². The predicted octanol–water partition coefficient (Wildman–Crippen LogP) is 1.04. The molecule has 2 N–H and O–H groups in total. The highest BCUT2D eigenvalue weighted by molar-refractivity contribution is 7.98. The van der Waals surface area contributed by atoms with Crippen LogP contribution < -0.4 is 5.69 Å². The average molecular weight is 302 g/mol. The van der Waals surface area contributed by atoms with Crippen LogP contribution in [0, 0.1) is 6.92 Å². The number of carbonyl (C=O) groups is 2. The lowest BCUT2D eigenvalue weighted by atomic mass is 10.2. The molecule has 0 bridgehead atoms. The van der Waals surface area contributed by atoms with Gasteiger partial charge in [-0.05, 0) is 32.3 Å². The molecule has 1 rings (SSSR count). The van der Waals surface area contributed by atoms with Crippen LogP contribution in [0.25, 0.3) is 0 Å². The van der Waals surface area contributed by atoms with Gasteiger partial charge in [-0.15, -0.1) is 0 Å². The van der Waals surface area contributed by atoms with E-state index < -0.39 is 23.7 Å². The third-order valence-corrected chi connectivity index (χ3v) is 3.49. The largest absolute Gasteiger partial charge is 0.480 e. The number of rotatable bonds is 7. The number of carboxylic acid groups (broad SMARTS) is 1. The SMILES string of the molecule is CCOC(=O)c1[nH]c(=O)n(C(CCSC)C(=O)O)c1C. The van der Waals surface area contributed by atoms with E-state index in [1.807, 2.05) is 6.26 Å². The third-order valence-electron chi connectivity index (χ3n) is 2.85. The third kappa shape index (κ3) is 3.44. The van der Waals surface area contributed by atoms with E-state index in [9.17, 15) is 19.5 Å². The second-order valence-corrected chi connectivity index (χ2v) is 5.10. The van der Waals surface area contributed by atoms with E-state index in [1.54, 1.807) is 6.92 Å². The minimum absolute atomic E-state index is 0.00671. The lowest BCUT2D eigenvalue weighted by Gasteiger charge is -2.14. The van der Waals surface area contributed by atoms with Crippen molar-refractivity contribution in [2.45, 2.75) is 26.3 Å². The van der Waals surface area contributed by atoms with Crippen LogP contribution >= 0.6 is 11.8 Å². The van der Waals surface area contributed by atoms with Crippen molar-refractivity contribution in [3.05, 3.63) is 21.9 Å². The summed E-state index contributed by atoms with van der Waals surface area (Å²) in [5.74, 6) is -1.16. The van der Waals surface area contributed by atoms with Gasteiger partial charge < -0.3 is 9.84 Å². The molecular weight excluding hydrogens is 284 g/mol. The number of ether oxygens (including phenoxy) is 1. The van der Waals surface area contributed by atoms with Gasteiger partial charge >= 0.3 is 17.6 Å². The van der Waals surface area contributed by atoms with Gasteiger partial charge in [-0.25, -0.2) is 14.4 Å². The fourth-order valence-corrected chi connectivity index (χ4v) is 2.36. The standard InChI is InChI=1S/C12H18N2O5S/c1-4-19-11(17)9-7(2)14(12(18)13-9)8(10(15)16)5-6-20-3/h8H,4-6H2,1-3H3,(H,13,18)(H,15,16). The first kappa shape index (κ1) is 16.4. The van der Waals surface area contributed by atoms with Crippen LogP contribution in [0.2, 0.25) is 0 Å². The Balaban J connectivity index is 3.20. The molecule has 0 aliphatic rings. The van der Waals surface area contributed by atoms with Gasteiger partial charge in [0.15, 0.2) is 0 Å². The number of H-pyrrole nitrogens is 1. The molecule has 0 spiro atoms. The van der Waals surface area contributed by atoms with E-state index in [4.69, 9.17) is 4.74 Å². The number of nitrogens with zero attached hydrogens (tertiary/aromatic N) is 1. The van der Waals surface area contributed by atoms with E-state index >= 15 is 0 Å². The topological polar surface area (TPSA) is 101 Å². The summed E-state index contributed by atoms with van der Waals surface area (Å²) in [6, 6.07) is -0.991. The average Bonchev–Trinajstić information content (AvgIpc) is 2.67. The first-order chi connectivity index (χ1) is 9.43. The zero-order chi connectivity index (χ0) is 15.3. The highest BCUT2D eigenvalue weighted by atomic mass is 32.2. The molecule has 1 atom stereocenters. The predicted molar refractivity (Wildman–Crippen MR) is 75.4 cm³/mol. The maximum atomic E-state index is 11.9. The Hall–Kier alpha value is -1.70. The van der Waals surface area contributed by atoms with Crippen molar-refractivity contribution in [2.24, 2.45) is 0 Å². The minimum Gasteiger partial charge on any atom is -0.480 e.